The van der Waals surface area contributed by atoms with Gasteiger partial charge in [-0.25, -0.2) is 0 Å². The van der Waals surface area contributed by atoms with Gasteiger partial charge in [0.1, 0.15) is 12.4 Å². The van der Waals surface area contributed by atoms with Crippen LogP contribution in [0.3, 0.4) is 0 Å². The Bertz CT molecular complexity index is 1130. The van der Waals surface area contributed by atoms with Gasteiger partial charge in [-0.2, -0.15) is 0 Å². The van der Waals surface area contributed by atoms with Crippen molar-refractivity contribution < 1.29 is 19.4 Å². The molecule has 0 bridgehead atoms. The fraction of sp³-hybridized carbons (Fsp3) is 0.346. The van der Waals surface area contributed by atoms with Crippen molar-refractivity contribution in [1.29, 1.82) is 0 Å². The molecule has 166 valence electrons. The number of nitrogens with one attached hydrogen (secondary N) is 1. The van der Waals surface area contributed by atoms with Gasteiger partial charge in [0, 0.05) is 28.2 Å². The van der Waals surface area contributed by atoms with E-state index in [0.717, 1.165) is 35.0 Å². The first-order chi connectivity index (χ1) is 15.4. The molecule has 1 saturated carbocycles. The van der Waals surface area contributed by atoms with Gasteiger partial charge in [0.05, 0.1) is 11.4 Å². The van der Waals surface area contributed by atoms with E-state index in [1.54, 1.807) is 24.3 Å². The second kappa shape index (κ2) is 9.39. The topological polar surface area (TPSA) is 88.5 Å². The van der Waals surface area contributed by atoms with Crippen molar-refractivity contribution in [3.8, 4) is 5.75 Å². The zero-order valence-corrected chi connectivity index (χ0v) is 18.4. The van der Waals surface area contributed by atoms with Crippen LogP contribution in [-0.4, -0.2) is 28.0 Å². The molecule has 0 saturated heterocycles. The summed E-state index contributed by atoms with van der Waals surface area (Å²) in [5.74, 6) is -0.838. The Morgan fingerprint density at radius 1 is 1.12 bits per heavy atom. The van der Waals surface area contributed by atoms with Crippen LogP contribution in [-0.2, 0) is 11.4 Å². The van der Waals surface area contributed by atoms with E-state index >= 15 is 0 Å². The third-order valence-electron chi connectivity index (χ3n) is 6.28. The third kappa shape index (κ3) is 4.74. The summed E-state index contributed by atoms with van der Waals surface area (Å²) < 4.78 is 5.97. The van der Waals surface area contributed by atoms with Crippen LogP contribution >= 0.6 is 0 Å². The third-order valence-corrected chi connectivity index (χ3v) is 6.28. The molecule has 0 spiro atoms. The van der Waals surface area contributed by atoms with Crippen LogP contribution in [0.1, 0.15) is 47.8 Å². The van der Waals surface area contributed by atoms with Gasteiger partial charge in [-0.05, 0) is 62.1 Å². The molecule has 1 fully saturated rings. The van der Waals surface area contributed by atoms with Gasteiger partial charge in [0.25, 0.3) is 5.91 Å². The Kier molecular flexibility index (Phi) is 6.40. The summed E-state index contributed by atoms with van der Waals surface area (Å²) in [6, 6.07) is 16.6. The maximum Gasteiger partial charge on any atom is 0.308 e. The van der Waals surface area contributed by atoms with Gasteiger partial charge >= 0.3 is 5.97 Å². The number of ether oxygens (including phenoxy) is 1. The zero-order chi connectivity index (χ0) is 22.7. The molecular formula is C26H28N2O4. The molecule has 0 aliphatic heterocycles. The van der Waals surface area contributed by atoms with Gasteiger partial charge < -0.3 is 15.2 Å². The largest absolute Gasteiger partial charge is 0.489 e. The van der Waals surface area contributed by atoms with E-state index in [1.165, 1.54) is 0 Å². The van der Waals surface area contributed by atoms with Gasteiger partial charge in [-0.1, -0.05) is 31.5 Å². The van der Waals surface area contributed by atoms with E-state index in [4.69, 9.17) is 4.74 Å². The number of nitrogens with zero attached hydrogens (tertiary/aromatic N) is 1. The smallest absolute Gasteiger partial charge is 0.308 e. The molecule has 2 N–H and O–H groups in total. The Morgan fingerprint density at radius 3 is 2.62 bits per heavy atom. The lowest BCUT2D eigenvalue weighted by Crippen LogP contribution is -2.49. The van der Waals surface area contributed by atoms with Gasteiger partial charge in [-0.15, -0.1) is 0 Å². The van der Waals surface area contributed by atoms with Crippen molar-refractivity contribution in [2.75, 3.05) is 0 Å². The van der Waals surface area contributed by atoms with Crippen LogP contribution in [0, 0.1) is 18.8 Å². The molecule has 2 aromatic carbocycles. The summed E-state index contributed by atoms with van der Waals surface area (Å²) in [6.45, 7) is 4.36. The highest BCUT2D eigenvalue weighted by molar-refractivity contribution is 5.94. The number of benzene rings is 2. The maximum atomic E-state index is 12.7. The predicted molar refractivity (Wildman–Crippen MR) is 123 cm³/mol. The second-order valence-corrected chi connectivity index (χ2v) is 8.61. The quantitative estimate of drug-likeness (QED) is 0.587. The normalized spacial score (nSPS) is 20.6. The monoisotopic (exact) mass is 432 g/mol. The molecule has 0 radical (unpaired) electrons. The second-order valence-electron chi connectivity index (χ2n) is 8.61. The number of pyridine rings is 1. The molecule has 4 rings (SSSR count). The highest BCUT2D eigenvalue weighted by atomic mass is 16.5. The number of carboxylic acids is 1. The number of rotatable bonds is 6. The van der Waals surface area contributed by atoms with Crippen LogP contribution in [0.4, 0.5) is 0 Å². The predicted octanol–water partition coefficient (Wildman–Crippen LogP) is 4.74. The number of para-hydroxylation sites is 1. The summed E-state index contributed by atoms with van der Waals surface area (Å²) in [5, 5.41) is 13.5. The minimum Gasteiger partial charge on any atom is -0.489 e. The molecule has 1 heterocycles. The van der Waals surface area contributed by atoms with E-state index in [2.05, 4.69) is 10.3 Å². The van der Waals surface area contributed by atoms with E-state index < -0.39 is 11.9 Å². The van der Waals surface area contributed by atoms with Gasteiger partial charge in [0.2, 0.25) is 0 Å². The van der Waals surface area contributed by atoms with E-state index in [-0.39, 0.29) is 17.9 Å². The van der Waals surface area contributed by atoms with Crippen molar-refractivity contribution >= 4 is 22.8 Å². The number of aromatic nitrogens is 1. The molecule has 1 amide bonds. The number of carboxylic acid groups (broad SMARTS) is 1. The summed E-state index contributed by atoms with van der Waals surface area (Å²) in [5.41, 5.74) is 3.42. The fourth-order valence-corrected chi connectivity index (χ4v) is 4.55. The number of amides is 1. The van der Waals surface area contributed by atoms with Crippen LogP contribution < -0.4 is 10.1 Å². The molecule has 1 aromatic heterocycles. The average Bonchev–Trinajstić information content (AvgIpc) is 2.78. The lowest BCUT2D eigenvalue weighted by Gasteiger charge is -2.34. The van der Waals surface area contributed by atoms with Crippen molar-refractivity contribution in [2.45, 2.75) is 45.8 Å². The number of fused-ring (bicyclic) bond motifs is 1. The molecule has 6 heteroatoms. The van der Waals surface area contributed by atoms with Crippen molar-refractivity contribution in [3.63, 3.8) is 0 Å². The summed E-state index contributed by atoms with van der Waals surface area (Å²) >= 11 is 0. The van der Waals surface area contributed by atoms with E-state index in [9.17, 15) is 14.7 Å². The van der Waals surface area contributed by atoms with Crippen LogP contribution in [0.5, 0.6) is 5.75 Å². The molecular weight excluding hydrogens is 404 g/mol. The highest BCUT2D eigenvalue weighted by Crippen LogP contribution is 2.30. The minimum atomic E-state index is -0.843. The molecule has 3 atom stereocenters. The van der Waals surface area contributed by atoms with E-state index in [0.29, 0.717) is 24.3 Å². The minimum absolute atomic E-state index is 0.134. The lowest BCUT2D eigenvalue weighted by molar-refractivity contribution is -0.144. The molecule has 1 aliphatic rings. The van der Waals surface area contributed by atoms with Crippen LogP contribution in [0.15, 0.2) is 54.6 Å². The summed E-state index contributed by atoms with van der Waals surface area (Å²) in [7, 11) is 0. The maximum absolute atomic E-state index is 12.7. The fourth-order valence-electron chi connectivity index (χ4n) is 4.55. The first kappa shape index (κ1) is 21.8. The van der Waals surface area contributed by atoms with E-state index in [1.807, 2.05) is 44.2 Å². The first-order valence-electron chi connectivity index (χ1n) is 11.0. The number of hydrogen-bond acceptors (Lipinski definition) is 4. The Labute approximate surface area is 187 Å². The zero-order valence-electron chi connectivity index (χ0n) is 18.4. The molecule has 32 heavy (non-hydrogen) atoms. The Morgan fingerprint density at radius 2 is 1.88 bits per heavy atom. The number of aryl methyl sites for hydroxylation is 1. The van der Waals surface area contributed by atoms with Crippen molar-refractivity contribution in [2.24, 2.45) is 11.8 Å². The number of hydrogen-bond donors (Lipinski definition) is 2. The summed E-state index contributed by atoms with van der Waals surface area (Å²) in [6.07, 6.45) is 2.40. The van der Waals surface area contributed by atoms with Crippen LogP contribution in [0.2, 0.25) is 0 Å². The number of aliphatic carboxylic acids is 1. The first-order valence-corrected chi connectivity index (χ1v) is 11.0. The summed E-state index contributed by atoms with van der Waals surface area (Å²) in [4.78, 5) is 28.9. The van der Waals surface area contributed by atoms with Crippen molar-refractivity contribution in [1.82, 2.24) is 10.3 Å². The molecule has 1 aliphatic carbocycles. The molecule has 3 aromatic rings. The number of carbonyl (C=O) groups excluding carboxylic acids is 1. The highest BCUT2D eigenvalue weighted by Gasteiger charge is 2.36. The Hall–Kier alpha value is -3.41. The van der Waals surface area contributed by atoms with Crippen molar-refractivity contribution in [3.05, 3.63) is 71.4 Å². The van der Waals surface area contributed by atoms with Gasteiger partial charge in [-0.3, -0.25) is 14.6 Å². The lowest BCUT2D eigenvalue weighted by atomic mass is 9.77. The van der Waals surface area contributed by atoms with Crippen LogP contribution in [0.25, 0.3) is 10.9 Å². The molecule has 6 nitrogen and oxygen atoms in total. The SMILES string of the molecule is Cc1cc(COc2ccc(C(=O)NC3C(C)CCCC3C(=O)O)cc2)c2ccccc2n1. The number of carbonyl (C=O) groups is 2. The Balaban J connectivity index is 1.42. The molecule has 3 unspecified atom stereocenters. The standard InChI is InChI=1S/C26H28N2O4/c1-16-6-5-8-22(26(30)31)24(16)28-25(29)18-10-12-20(13-11-18)32-15-19-14-17(2)27-23-9-4-3-7-21(19)23/h3-4,7,9-14,16,22,24H,5-6,8,15H2,1-2H3,(H,28,29)(H,30,31). The average molecular weight is 433 g/mol. The van der Waals surface area contributed by atoms with Gasteiger partial charge in [0.15, 0.2) is 0 Å².